The molecule has 3 nitrogen and oxygen atoms in total. The lowest BCUT2D eigenvalue weighted by molar-refractivity contribution is -0.138. The van der Waals surface area contributed by atoms with Crippen LogP contribution in [-0.2, 0) is 18.3 Å². The zero-order valence-electron chi connectivity index (χ0n) is 10.4. The van der Waals surface area contributed by atoms with Crippen molar-refractivity contribution in [1.82, 2.24) is 4.57 Å². The van der Waals surface area contributed by atoms with Gasteiger partial charge >= 0.3 is 5.97 Å². The summed E-state index contributed by atoms with van der Waals surface area (Å²) < 4.78 is 2.03. The number of hydrogen-bond acceptors (Lipinski definition) is 1. The fourth-order valence-electron chi connectivity index (χ4n) is 2.35. The van der Waals surface area contributed by atoms with Crippen LogP contribution in [0.25, 0.3) is 10.9 Å². The Bertz CT molecular complexity index is 569. The SMILES string of the molecule is CCc1cccc2c(C(C)C(=O)O)cn(C)c12. The van der Waals surface area contributed by atoms with E-state index in [1.165, 1.54) is 5.56 Å². The molecule has 0 aliphatic rings. The fourth-order valence-corrected chi connectivity index (χ4v) is 2.35. The molecule has 0 amide bonds. The van der Waals surface area contributed by atoms with Crippen molar-refractivity contribution >= 4 is 16.9 Å². The third kappa shape index (κ3) is 1.82. The number of aliphatic carboxylic acids is 1. The molecule has 1 unspecified atom stereocenters. The second-order valence-corrected chi connectivity index (χ2v) is 4.42. The second-order valence-electron chi connectivity index (χ2n) is 4.42. The van der Waals surface area contributed by atoms with Gasteiger partial charge in [-0.15, -0.1) is 0 Å². The zero-order valence-corrected chi connectivity index (χ0v) is 10.4. The minimum atomic E-state index is -0.778. The van der Waals surface area contributed by atoms with E-state index in [1.54, 1.807) is 6.92 Å². The molecular formula is C14H17NO2. The van der Waals surface area contributed by atoms with E-state index in [1.807, 2.05) is 29.9 Å². The number of carbonyl (C=O) groups is 1. The van der Waals surface area contributed by atoms with Gasteiger partial charge in [-0.2, -0.15) is 0 Å². The van der Waals surface area contributed by atoms with Gasteiger partial charge < -0.3 is 9.67 Å². The average molecular weight is 231 g/mol. The molecule has 0 aliphatic carbocycles. The Labute approximate surface area is 101 Å². The molecule has 17 heavy (non-hydrogen) atoms. The van der Waals surface area contributed by atoms with Crippen molar-refractivity contribution in [3.63, 3.8) is 0 Å². The highest BCUT2D eigenvalue weighted by molar-refractivity contribution is 5.91. The Hall–Kier alpha value is -1.77. The largest absolute Gasteiger partial charge is 0.481 e. The van der Waals surface area contributed by atoms with E-state index in [-0.39, 0.29) is 0 Å². The van der Waals surface area contributed by atoms with Crippen LogP contribution in [0.1, 0.15) is 30.9 Å². The maximum absolute atomic E-state index is 11.1. The van der Waals surface area contributed by atoms with Crippen LogP contribution in [0.15, 0.2) is 24.4 Å². The summed E-state index contributed by atoms with van der Waals surface area (Å²) in [6, 6.07) is 6.10. The highest BCUT2D eigenvalue weighted by Crippen LogP contribution is 2.29. The van der Waals surface area contributed by atoms with Crippen molar-refractivity contribution in [2.45, 2.75) is 26.2 Å². The molecule has 2 rings (SSSR count). The fraction of sp³-hybridized carbons (Fsp3) is 0.357. The van der Waals surface area contributed by atoms with Crippen LogP contribution >= 0.6 is 0 Å². The lowest BCUT2D eigenvalue weighted by Gasteiger charge is -2.05. The molecule has 1 atom stereocenters. The first-order valence-corrected chi connectivity index (χ1v) is 5.85. The quantitative estimate of drug-likeness (QED) is 0.882. The van der Waals surface area contributed by atoms with Gasteiger partial charge in [-0.3, -0.25) is 4.79 Å². The average Bonchev–Trinajstić information content (AvgIpc) is 2.66. The van der Waals surface area contributed by atoms with Gasteiger partial charge in [-0.1, -0.05) is 25.1 Å². The third-order valence-corrected chi connectivity index (χ3v) is 3.33. The van der Waals surface area contributed by atoms with Gasteiger partial charge in [-0.05, 0) is 24.5 Å². The molecule has 1 aromatic heterocycles. The number of para-hydroxylation sites is 1. The standard InChI is InChI=1S/C14H17NO2/c1-4-10-6-5-7-11-12(9(2)14(16)17)8-15(3)13(10)11/h5-9H,4H2,1-3H3,(H,16,17). The number of aromatic nitrogens is 1. The molecule has 2 aromatic rings. The smallest absolute Gasteiger partial charge is 0.310 e. The third-order valence-electron chi connectivity index (χ3n) is 3.33. The maximum Gasteiger partial charge on any atom is 0.310 e. The van der Waals surface area contributed by atoms with Crippen LogP contribution in [0.5, 0.6) is 0 Å². The summed E-state index contributed by atoms with van der Waals surface area (Å²) in [4.78, 5) is 11.1. The van der Waals surface area contributed by atoms with E-state index >= 15 is 0 Å². The van der Waals surface area contributed by atoms with E-state index in [4.69, 9.17) is 5.11 Å². The van der Waals surface area contributed by atoms with Gasteiger partial charge in [0.1, 0.15) is 0 Å². The van der Waals surface area contributed by atoms with Gasteiger partial charge in [-0.25, -0.2) is 0 Å². The van der Waals surface area contributed by atoms with Crippen LogP contribution in [0.2, 0.25) is 0 Å². The van der Waals surface area contributed by atoms with Crippen molar-refractivity contribution in [3.8, 4) is 0 Å². The lowest BCUT2D eigenvalue weighted by atomic mass is 9.99. The van der Waals surface area contributed by atoms with Crippen molar-refractivity contribution in [3.05, 3.63) is 35.5 Å². The van der Waals surface area contributed by atoms with Gasteiger partial charge in [0.25, 0.3) is 0 Å². The molecule has 1 N–H and O–H groups in total. The number of aryl methyl sites for hydroxylation is 2. The summed E-state index contributed by atoms with van der Waals surface area (Å²) in [5, 5.41) is 10.2. The Kier molecular flexibility index (Phi) is 2.92. The predicted octanol–water partition coefficient (Wildman–Crippen LogP) is 2.93. The van der Waals surface area contributed by atoms with Gasteiger partial charge in [0, 0.05) is 18.6 Å². The molecule has 0 spiro atoms. The zero-order chi connectivity index (χ0) is 12.6. The van der Waals surface area contributed by atoms with Gasteiger partial charge in [0.15, 0.2) is 0 Å². The van der Waals surface area contributed by atoms with Gasteiger partial charge in [0.2, 0.25) is 0 Å². The minimum Gasteiger partial charge on any atom is -0.481 e. The molecule has 0 fully saturated rings. The predicted molar refractivity (Wildman–Crippen MR) is 68.3 cm³/mol. The number of rotatable bonds is 3. The van der Waals surface area contributed by atoms with Crippen LogP contribution in [0.4, 0.5) is 0 Å². The Morgan fingerprint density at radius 1 is 1.47 bits per heavy atom. The highest BCUT2D eigenvalue weighted by atomic mass is 16.4. The van der Waals surface area contributed by atoms with Crippen molar-refractivity contribution in [1.29, 1.82) is 0 Å². The molecule has 0 saturated heterocycles. The van der Waals surface area contributed by atoms with Crippen molar-refractivity contribution in [2.75, 3.05) is 0 Å². The summed E-state index contributed by atoms with van der Waals surface area (Å²) in [5.74, 6) is -1.25. The number of hydrogen-bond donors (Lipinski definition) is 1. The van der Waals surface area contributed by atoms with Crippen LogP contribution in [0, 0.1) is 0 Å². The summed E-state index contributed by atoms with van der Waals surface area (Å²) in [6.07, 6.45) is 2.89. The molecular weight excluding hydrogens is 214 g/mol. The number of carboxylic acids is 1. The highest BCUT2D eigenvalue weighted by Gasteiger charge is 2.19. The molecule has 0 aliphatic heterocycles. The molecule has 1 aromatic carbocycles. The van der Waals surface area contributed by atoms with E-state index in [9.17, 15) is 4.79 Å². The topological polar surface area (TPSA) is 42.2 Å². The summed E-state index contributed by atoms with van der Waals surface area (Å²) in [7, 11) is 1.97. The Balaban J connectivity index is 2.72. The van der Waals surface area contributed by atoms with Crippen molar-refractivity contribution in [2.24, 2.45) is 7.05 Å². The first-order chi connectivity index (χ1) is 8.06. The lowest BCUT2D eigenvalue weighted by Crippen LogP contribution is -2.06. The summed E-state index contributed by atoms with van der Waals surface area (Å²) >= 11 is 0. The second kappa shape index (κ2) is 4.24. The monoisotopic (exact) mass is 231 g/mol. The first-order valence-electron chi connectivity index (χ1n) is 5.85. The molecule has 0 bridgehead atoms. The Morgan fingerprint density at radius 3 is 2.76 bits per heavy atom. The van der Waals surface area contributed by atoms with Crippen LogP contribution in [0.3, 0.4) is 0 Å². The summed E-state index contributed by atoms with van der Waals surface area (Å²) in [5.41, 5.74) is 3.30. The molecule has 0 saturated carbocycles. The Morgan fingerprint density at radius 2 is 2.18 bits per heavy atom. The molecule has 0 radical (unpaired) electrons. The number of nitrogens with zero attached hydrogens (tertiary/aromatic N) is 1. The van der Waals surface area contributed by atoms with Crippen LogP contribution in [-0.4, -0.2) is 15.6 Å². The maximum atomic E-state index is 11.1. The number of fused-ring (bicyclic) bond motifs is 1. The van der Waals surface area contributed by atoms with Crippen molar-refractivity contribution < 1.29 is 9.90 Å². The molecule has 1 heterocycles. The van der Waals surface area contributed by atoms with E-state index in [0.717, 1.165) is 22.9 Å². The first kappa shape index (κ1) is 11.7. The summed E-state index contributed by atoms with van der Waals surface area (Å²) in [6.45, 7) is 3.85. The van der Waals surface area contributed by atoms with E-state index in [0.29, 0.717) is 0 Å². The molecule has 90 valence electrons. The normalized spacial score (nSPS) is 12.9. The van der Waals surface area contributed by atoms with Crippen LogP contribution < -0.4 is 0 Å². The van der Waals surface area contributed by atoms with Gasteiger partial charge in [0.05, 0.1) is 11.4 Å². The number of benzene rings is 1. The molecule has 3 heteroatoms. The van der Waals surface area contributed by atoms with E-state index < -0.39 is 11.9 Å². The number of carboxylic acid groups (broad SMARTS) is 1. The van der Waals surface area contributed by atoms with E-state index in [2.05, 4.69) is 13.0 Å². The minimum absolute atomic E-state index is 0.467.